The van der Waals surface area contributed by atoms with Crippen molar-refractivity contribution < 1.29 is 9.53 Å². The van der Waals surface area contributed by atoms with Crippen LogP contribution in [-0.4, -0.2) is 23.0 Å². The first-order valence-corrected chi connectivity index (χ1v) is 9.54. The van der Waals surface area contributed by atoms with Gasteiger partial charge in [-0.1, -0.05) is 29.8 Å². The number of nitrogens with zero attached hydrogens (tertiary/aromatic N) is 1. The first-order valence-electron chi connectivity index (χ1n) is 8.28. The molecule has 0 atom stereocenters. The smallest absolute Gasteiger partial charge is 0.230 e. The number of H-pyrrole nitrogens is 1. The van der Waals surface area contributed by atoms with Crippen LogP contribution in [0, 0.1) is 0 Å². The van der Waals surface area contributed by atoms with Crippen LogP contribution in [-0.2, 0) is 11.2 Å². The van der Waals surface area contributed by atoms with Gasteiger partial charge in [0.2, 0.25) is 5.91 Å². The summed E-state index contributed by atoms with van der Waals surface area (Å²) in [4.78, 5) is 20.1. The second kappa shape index (κ2) is 7.42. The second-order valence-corrected chi connectivity index (χ2v) is 7.24. The summed E-state index contributed by atoms with van der Waals surface area (Å²) >= 11 is 7.56. The number of benzene rings is 2. The van der Waals surface area contributed by atoms with Gasteiger partial charge in [-0.05, 0) is 29.8 Å². The van der Waals surface area contributed by atoms with Crippen LogP contribution in [0.5, 0.6) is 5.75 Å². The fraction of sp³-hybridized carbons (Fsp3) is 0.100. The number of aromatic amines is 1. The number of ether oxygens (including phenoxy) is 1. The molecular formula is C20H16ClN3O2S. The minimum atomic E-state index is -0.103. The maximum Gasteiger partial charge on any atom is 0.230 e. The van der Waals surface area contributed by atoms with E-state index in [1.165, 1.54) is 11.3 Å². The third-order valence-corrected chi connectivity index (χ3v) is 5.28. The number of fused-ring (bicyclic) bond motifs is 1. The molecule has 7 heteroatoms. The van der Waals surface area contributed by atoms with Crippen LogP contribution < -0.4 is 10.1 Å². The summed E-state index contributed by atoms with van der Waals surface area (Å²) in [6.07, 6.45) is 2.16. The van der Waals surface area contributed by atoms with Crippen LogP contribution >= 0.6 is 22.9 Å². The highest BCUT2D eigenvalue weighted by molar-refractivity contribution is 7.14. The lowest BCUT2D eigenvalue weighted by Gasteiger charge is -2.04. The summed E-state index contributed by atoms with van der Waals surface area (Å²) in [5.74, 6) is 0.510. The molecule has 0 bridgehead atoms. The Balaban J connectivity index is 1.47. The molecule has 27 heavy (non-hydrogen) atoms. The molecule has 2 heterocycles. The van der Waals surface area contributed by atoms with Gasteiger partial charge in [0.15, 0.2) is 5.13 Å². The number of hydrogen-bond donors (Lipinski definition) is 2. The van der Waals surface area contributed by atoms with E-state index >= 15 is 0 Å². The highest BCUT2D eigenvalue weighted by Gasteiger charge is 2.12. The standard InChI is InChI=1S/C20H16ClN3O2S/c1-26-18-7-6-12(8-15(18)21)17-11-27-20(23-17)24-19(25)9-13-10-22-16-5-3-2-4-14(13)16/h2-8,10-11,22H,9H2,1H3,(H,23,24,25). The molecule has 0 unspecified atom stereocenters. The molecule has 0 aliphatic heterocycles. The molecule has 0 aliphatic rings. The van der Waals surface area contributed by atoms with Gasteiger partial charge in [-0.3, -0.25) is 4.79 Å². The number of methoxy groups -OCH3 is 1. The average Bonchev–Trinajstić information content (AvgIpc) is 3.29. The number of amides is 1. The van der Waals surface area contributed by atoms with Crippen molar-refractivity contribution in [2.24, 2.45) is 0 Å². The monoisotopic (exact) mass is 397 g/mol. The van der Waals surface area contributed by atoms with E-state index in [9.17, 15) is 4.79 Å². The SMILES string of the molecule is COc1ccc(-c2csc(NC(=O)Cc3c[nH]c4ccccc34)n2)cc1Cl. The lowest BCUT2D eigenvalue weighted by Crippen LogP contribution is -2.14. The maximum absolute atomic E-state index is 12.4. The summed E-state index contributed by atoms with van der Waals surface area (Å²) in [6, 6.07) is 13.4. The second-order valence-electron chi connectivity index (χ2n) is 5.97. The molecular weight excluding hydrogens is 382 g/mol. The number of rotatable bonds is 5. The lowest BCUT2D eigenvalue weighted by molar-refractivity contribution is -0.115. The van der Waals surface area contributed by atoms with Crippen molar-refractivity contribution in [1.82, 2.24) is 9.97 Å². The number of halogens is 1. The lowest BCUT2D eigenvalue weighted by atomic mass is 10.1. The van der Waals surface area contributed by atoms with Gasteiger partial charge in [0.05, 0.1) is 24.2 Å². The molecule has 0 fully saturated rings. The zero-order chi connectivity index (χ0) is 18.8. The molecule has 2 aromatic heterocycles. The molecule has 0 saturated carbocycles. The number of aromatic nitrogens is 2. The topological polar surface area (TPSA) is 67.0 Å². The predicted molar refractivity (Wildman–Crippen MR) is 110 cm³/mol. The Morgan fingerprint density at radius 1 is 1.30 bits per heavy atom. The minimum Gasteiger partial charge on any atom is -0.495 e. The molecule has 136 valence electrons. The van der Waals surface area contributed by atoms with Crippen molar-refractivity contribution in [3.05, 3.63) is 64.6 Å². The van der Waals surface area contributed by atoms with E-state index in [1.807, 2.05) is 41.9 Å². The Labute approximate surface area is 165 Å². The molecule has 0 aliphatic carbocycles. The van der Waals surface area contributed by atoms with Crippen LogP contribution in [0.2, 0.25) is 5.02 Å². The number of anilines is 1. The normalized spacial score (nSPS) is 10.9. The predicted octanol–water partition coefficient (Wildman–Crippen LogP) is 5.13. The number of thiazole rings is 1. The first-order chi connectivity index (χ1) is 13.1. The summed E-state index contributed by atoms with van der Waals surface area (Å²) in [5, 5.41) is 6.89. The quantitative estimate of drug-likeness (QED) is 0.490. The summed E-state index contributed by atoms with van der Waals surface area (Å²) in [7, 11) is 1.57. The van der Waals surface area contributed by atoms with Crippen LogP contribution in [0.25, 0.3) is 22.2 Å². The van der Waals surface area contributed by atoms with Crippen LogP contribution in [0.1, 0.15) is 5.56 Å². The largest absolute Gasteiger partial charge is 0.495 e. The highest BCUT2D eigenvalue weighted by Crippen LogP contribution is 2.31. The molecule has 2 aromatic carbocycles. The van der Waals surface area contributed by atoms with Crippen molar-refractivity contribution in [2.45, 2.75) is 6.42 Å². The van der Waals surface area contributed by atoms with E-state index in [0.29, 0.717) is 15.9 Å². The van der Waals surface area contributed by atoms with Gasteiger partial charge in [-0.2, -0.15) is 0 Å². The van der Waals surface area contributed by atoms with E-state index in [1.54, 1.807) is 19.2 Å². The van der Waals surface area contributed by atoms with E-state index in [0.717, 1.165) is 27.7 Å². The zero-order valence-corrected chi connectivity index (χ0v) is 16.0. The summed E-state index contributed by atoms with van der Waals surface area (Å²) in [6.45, 7) is 0. The van der Waals surface area contributed by atoms with Crippen LogP contribution in [0.4, 0.5) is 5.13 Å². The molecule has 1 amide bonds. The Kier molecular flexibility index (Phi) is 4.83. The van der Waals surface area contributed by atoms with Crippen molar-refractivity contribution in [3.63, 3.8) is 0 Å². The summed E-state index contributed by atoms with van der Waals surface area (Å²) < 4.78 is 5.16. The molecule has 4 rings (SSSR count). The number of carbonyl (C=O) groups excluding carboxylic acids is 1. The van der Waals surface area contributed by atoms with Gasteiger partial charge < -0.3 is 15.0 Å². The molecule has 2 N–H and O–H groups in total. The average molecular weight is 398 g/mol. The molecule has 5 nitrogen and oxygen atoms in total. The number of para-hydroxylation sites is 1. The number of carbonyl (C=O) groups is 1. The molecule has 4 aromatic rings. The fourth-order valence-electron chi connectivity index (χ4n) is 2.90. The molecule has 0 radical (unpaired) electrons. The zero-order valence-electron chi connectivity index (χ0n) is 14.5. The van der Waals surface area contributed by atoms with Crippen molar-refractivity contribution >= 4 is 44.9 Å². The Bertz CT molecular complexity index is 1120. The van der Waals surface area contributed by atoms with Gasteiger partial charge in [-0.15, -0.1) is 11.3 Å². The van der Waals surface area contributed by atoms with Gasteiger partial charge >= 0.3 is 0 Å². The Morgan fingerprint density at radius 2 is 2.15 bits per heavy atom. The number of hydrogen-bond acceptors (Lipinski definition) is 4. The van der Waals surface area contributed by atoms with E-state index < -0.39 is 0 Å². The van der Waals surface area contributed by atoms with Crippen LogP contribution in [0.15, 0.2) is 54.0 Å². The van der Waals surface area contributed by atoms with Crippen molar-refractivity contribution in [2.75, 3.05) is 12.4 Å². The Hall–Kier alpha value is -2.83. The fourth-order valence-corrected chi connectivity index (χ4v) is 3.90. The first kappa shape index (κ1) is 17.6. The maximum atomic E-state index is 12.4. The van der Waals surface area contributed by atoms with Gasteiger partial charge in [0.1, 0.15) is 5.75 Å². The third kappa shape index (κ3) is 3.67. The third-order valence-electron chi connectivity index (χ3n) is 4.22. The molecule has 0 saturated heterocycles. The van der Waals surface area contributed by atoms with Gasteiger partial charge in [0, 0.05) is 28.0 Å². The van der Waals surface area contributed by atoms with Crippen LogP contribution in [0.3, 0.4) is 0 Å². The summed E-state index contributed by atoms with van der Waals surface area (Å²) in [5.41, 5.74) is 3.61. The van der Waals surface area contributed by atoms with Gasteiger partial charge in [0.25, 0.3) is 0 Å². The van der Waals surface area contributed by atoms with E-state index in [-0.39, 0.29) is 12.3 Å². The minimum absolute atomic E-state index is 0.103. The molecule has 0 spiro atoms. The van der Waals surface area contributed by atoms with Gasteiger partial charge in [-0.25, -0.2) is 4.98 Å². The van der Waals surface area contributed by atoms with E-state index in [2.05, 4.69) is 15.3 Å². The number of nitrogens with one attached hydrogen (secondary N) is 2. The van der Waals surface area contributed by atoms with Crippen molar-refractivity contribution in [3.8, 4) is 17.0 Å². The van der Waals surface area contributed by atoms with E-state index in [4.69, 9.17) is 16.3 Å². The Morgan fingerprint density at radius 3 is 2.96 bits per heavy atom. The van der Waals surface area contributed by atoms with Crippen molar-refractivity contribution in [1.29, 1.82) is 0 Å². The highest BCUT2D eigenvalue weighted by atomic mass is 35.5.